The van der Waals surface area contributed by atoms with Gasteiger partial charge >= 0.3 is 0 Å². The minimum atomic E-state index is 0.0787. The monoisotopic (exact) mass is 266 g/mol. The first kappa shape index (κ1) is 13.9. The van der Waals surface area contributed by atoms with E-state index in [2.05, 4.69) is 10.5 Å². The number of hydrogen-bond acceptors (Lipinski definition) is 4. The van der Waals surface area contributed by atoms with E-state index in [1.807, 2.05) is 6.92 Å². The van der Waals surface area contributed by atoms with Crippen molar-refractivity contribution in [3.8, 4) is 0 Å². The van der Waals surface area contributed by atoms with Gasteiger partial charge in [-0.05, 0) is 19.8 Å². The van der Waals surface area contributed by atoms with Crippen molar-refractivity contribution in [2.24, 2.45) is 10.8 Å². The van der Waals surface area contributed by atoms with E-state index in [1.54, 1.807) is 11.8 Å². The van der Waals surface area contributed by atoms with E-state index in [9.17, 15) is 4.79 Å². The SMILES string of the molecule is CC(=O)N1CCC(C)=C(/C(N)=N\NC2CCOC2)C1. The van der Waals surface area contributed by atoms with Crippen LogP contribution in [0.3, 0.4) is 0 Å². The van der Waals surface area contributed by atoms with Crippen LogP contribution >= 0.6 is 0 Å². The van der Waals surface area contributed by atoms with Crippen molar-refractivity contribution in [3.63, 3.8) is 0 Å². The lowest BCUT2D eigenvalue weighted by Gasteiger charge is -2.28. The quantitative estimate of drug-likeness (QED) is 0.434. The summed E-state index contributed by atoms with van der Waals surface area (Å²) in [5.41, 5.74) is 11.3. The molecule has 1 amide bonds. The Morgan fingerprint density at radius 2 is 2.37 bits per heavy atom. The maximum atomic E-state index is 11.4. The highest BCUT2D eigenvalue weighted by molar-refractivity contribution is 5.98. The van der Waals surface area contributed by atoms with Gasteiger partial charge in [0.2, 0.25) is 5.91 Å². The molecule has 2 aliphatic heterocycles. The molecule has 3 N–H and O–H groups in total. The minimum Gasteiger partial charge on any atom is -0.382 e. The average Bonchev–Trinajstić information content (AvgIpc) is 2.89. The third kappa shape index (κ3) is 3.47. The van der Waals surface area contributed by atoms with Crippen molar-refractivity contribution in [1.29, 1.82) is 0 Å². The molecule has 0 bridgehead atoms. The van der Waals surface area contributed by atoms with Gasteiger partial charge in [0.15, 0.2) is 0 Å². The van der Waals surface area contributed by atoms with Crippen LogP contribution < -0.4 is 11.2 Å². The second-order valence-corrected chi connectivity index (χ2v) is 5.14. The van der Waals surface area contributed by atoms with Gasteiger partial charge in [-0.25, -0.2) is 0 Å². The second-order valence-electron chi connectivity index (χ2n) is 5.14. The number of rotatable bonds is 3. The molecule has 1 saturated heterocycles. The van der Waals surface area contributed by atoms with Gasteiger partial charge in [-0.1, -0.05) is 5.57 Å². The van der Waals surface area contributed by atoms with Crippen molar-refractivity contribution >= 4 is 11.7 Å². The average molecular weight is 266 g/mol. The molecule has 2 heterocycles. The Morgan fingerprint density at radius 3 is 3.00 bits per heavy atom. The van der Waals surface area contributed by atoms with Crippen LogP contribution in [0.2, 0.25) is 0 Å². The molecular weight excluding hydrogens is 244 g/mol. The Kier molecular flexibility index (Phi) is 4.42. The molecule has 1 fully saturated rings. The zero-order chi connectivity index (χ0) is 13.8. The summed E-state index contributed by atoms with van der Waals surface area (Å²) in [6.45, 7) is 6.40. The number of amides is 1. The molecule has 0 aromatic carbocycles. The summed E-state index contributed by atoms with van der Waals surface area (Å²) in [7, 11) is 0. The minimum absolute atomic E-state index is 0.0787. The first-order valence-corrected chi connectivity index (χ1v) is 6.69. The number of nitrogens with two attached hydrogens (primary N) is 1. The molecule has 1 unspecified atom stereocenters. The van der Waals surface area contributed by atoms with Gasteiger partial charge in [0.1, 0.15) is 5.84 Å². The van der Waals surface area contributed by atoms with Crippen molar-refractivity contribution in [1.82, 2.24) is 10.3 Å². The van der Waals surface area contributed by atoms with Gasteiger partial charge in [0.05, 0.1) is 12.6 Å². The Morgan fingerprint density at radius 1 is 1.58 bits per heavy atom. The van der Waals surface area contributed by atoms with Crippen LogP contribution in [0.4, 0.5) is 0 Å². The van der Waals surface area contributed by atoms with Gasteiger partial charge < -0.3 is 20.8 Å². The molecule has 0 saturated carbocycles. The molecule has 2 aliphatic rings. The third-order valence-corrected chi connectivity index (χ3v) is 3.67. The molecule has 106 valence electrons. The predicted octanol–water partition coefficient (Wildman–Crippen LogP) is 0.206. The van der Waals surface area contributed by atoms with Gasteiger partial charge in [0.25, 0.3) is 0 Å². The fourth-order valence-electron chi connectivity index (χ4n) is 2.29. The Bertz CT molecular complexity index is 411. The van der Waals surface area contributed by atoms with E-state index in [0.717, 1.165) is 31.6 Å². The van der Waals surface area contributed by atoms with Crippen molar-refractivity contribution in [3.05, 3.63) is 11.1 Å². The van der Waals surface area contributed by atoms with Gasteiger partial charge in [-0.15, -0.1) is 0 Å². The Hall–Kier alpha value is -1.56. The van der Waals surface area contributed by atoms with E-state index in [-0.39, 0.29) is 11.9 Å². The number of nitrogens with one attached hydrogen (secondary N) is 1. The van der Waals surface area contributed by atoms with Crippen LogP contribution in [-0.4, -0.2) is 49.0 Å². The fraction of sp³-hybridized carbons (Fsp3) is 0.692. The molecule has 0 spiro atoms. The van der Waals surface area contributed by atoms with Gasteiger partial charge in [-0.3, -0.25) is 4.79 Å². The zero-order valence-electron chi connectivity index (χ0n) is 11.6. The number of carbonyl (C=O) groups is 1. The molecule has 19 heavy (non-hydrogen) atoms. The molecule has 0 aliphatic carbocycles. The van der Waals surface area contributed by atoms with Crippen LogP contribution in [0, 0.1) is 0 Å². The topological polar surface area (TPSA) is 80.0 Å². The number of amidine groups is 1. The van der Waals surface area contributed by atoms with Crippen LogP contribution in [-0.2, 0) is 9.53 Å². The summed E-state index contributed by atoms with van der Waals surface area (Å²) in [5.74, 6) is 0.560. The highest BCUT2D eigenvalue weighted by Gasteiger charge is 2.21. The first-order valence-electron chi connectivity index (χ1n) is 6.69. The molecule has 1 atom stereocenters. The largest absolute Gasteiger partial charge is 0.382 e. The van der Waals surface area contributed by atoms with Crippen molar-refractivity contribution in [2.45, 2.75) is 32.7 Å². The first-order chi connectivity index (χ1) is 9.08. The molecule has 6 heteroatoms. The smallest absolute Gasteiger partial charge is 0.219 e. The summed E-state index contributed by atoms with van der Waals surface area (Å²) in [6.07, 6.45) is 1.81. The predicted molar refractivity (Wildman–Crippen MR) is 73.6 cm³/mol. The zero-order valence-corrected chi connectivity index (χ0v) is 11.6. The number of hydrazone groups is 1. The van der Waals surface area contributed by atoms with E-state index < -0.39 is 0 Å². The Labute approximate surface area is 113 Å². The lowest BCUT2D eigenvalue weighted by atomic mass is 10.0. The number of carbonyl (C=O) groups excluding carboxylic acids is 1. The lowest BCUT2D eigenvalue weighted by molar-refractivity contribution is -0.128. The summed E-state index contributed by atoms with van der Waals surface area (Å²) in [4.78, 5) is 13.2. The van der Waals surface area contributed by atoms with Gasteiger partial charge in [-0.2, -0.15) is 5.10 Å². The van der Waals surface area contributed by atoms with Crippen molar-refractivity contribution < 1.29 is 9.53 Å². The third-order valence-electron chi connectivity index (χ3n) is 3.67. The molecular formula is C13H22N4O2. The summed E-state index contributed by atoms with van der Waals surface area (Å²) in [6, 6.07) is 0.243. The number of ether oxygens (including phenoxy) is 1. The second kappa shape index (κ2) is 6.06. The number of hydrogen-bond donors (Lipinski definition) is 2. The number of nitrogens with zero attached hydrogens (tertiary/aromatic N) is 2. The normalized spacial score (nSPS) is 24.8. The highest BCUT2D eigenvalue weighted by atomic mass is 16.5. The lowest BCUT2D eigenvalue weighted by Crippen LogP contribution is -2.39. The van der Waals surface area contributed by atoms with E-state index in [0.29, 0.717) is 19.0 Å². The van der Waals surface area contributed by atoms with Crippen molar-refractivity contribution in [2.75, 3.05) is 26.3 Å². The van der Waals surface area contributed by atoms with Crippen LogP contribution in [0.25, 0.3) is 0 Å². The molecule has 6 nitrogen and oxygen atoms in total. The van der Waals surface area contributed by atoms with Gasteiger partial charge in [0, 0.05) is 32.2 Å². The fourth-order valence-corrected chi connectivity index (χ4v) is 2.29. The molecule has 0 aromatic heterocycles. The standard InChI is InChI=1S/C13H22N4O2/c1-9-3-5-17(10(2)18)7-12(9)13(14)16-15-11-4-6-19-8-11/h11,15H,3-8H2,1-2H3,(H2,14,16). The molecule has 0 radical (unpaired) electrons. The van der Waals surface area contributed by atoms with E-state index in [4.69, 9.17) is 10.5 Å². The molecule has 2 rings (SSSR count). The summed E-state index contributed by atoms with van der Waals surface area (Å²) in [5, 5.41) is 4.24. The summed E-state index contributed by atoms with van der Waals surface area (Å²) < 4.78 is 5.27. The van der Waals surface area contributed by atoms with Crippen LogP contribution in [0.5, 0.6) is 0 Å². The van der Waals surface area contributed by atoms with Crippen LogP contribution in [0.1, 0.15) is 26.7 Å². The maximum absolute atomic E-state index is 11.4. The van der Waals surface area contributed by atoms with Crippen LogP contribution in [0.15, 0.2) is 16.2 Å². The Balaban J connectivity index is 2.01. The molecule has 0 aromatic rings. The van der Waals surface area contributed by atoms with E-state index >= 15 is 0 Å². The summed E-state index contributed by atoms with van der Waals surface area (Å²) >= 11 is 0. The maximum Gasteiger partial charge on any atom is 0.219 e. The van der Waals surface area contributed by atoms with E-state index in [1.165, 1.54) is 5.57 Å². The highest BCUT2D eigenvalue weighted by Crippen LogP contribution is 2.17.